The van der Waals surface area contributed by atoms with E-state index in [2.05, 4.69) is 19.6 Å². The van der Waals surface area contributed by atoms with Crippen molar-refractivity contribution in [3.63, 3.8) is 0 Å². The number of pyridine rings is 4. The van der Waals surface area contributed by atoms with E-state index in [9.17, 15) is 40.0 Å². The van der Waals surface area contributed by atoms with Gasteiger partial charge in [-0.3, -0.25) is 38.8 Å². The van der Waals surface area contributed by atoms with Gasteiger partial charge in [-0.1, -0.05) is 24.3 Å². The summed E-state index contributed by atoms with van der Waals surface area (Å²) < 4.78 is 2.50. The lowest BCUT2D eigenvalue weighted by atomic mass is 10.2. The van der Waals surface area contributed by atoms with E-state index >= 15 is 0 Å². The fraction of sp³-hybridized carbons (Fsp3) is 0.394. The van der Waals surface area contributed by atoms with E-state index < -0.39 is 22.2 Å². The average Bonchev–Trinajstić information content (AvgIpc) is 3.07. The second kappa shape index (κ2) is 15.8. The lowest BCUT2D eigenvalue weighted by Gasteiger charge is -2.37. The smallest absolute Gasteiger partial charge is 0.283 e. The second-order valence-electron chi connectivity index (χ2n) is 12.3. The lowest BCUT2D eigenvalue weighted by molar-refractivity contribution is 0.0726. The molecular weight excluding hydrogens is 636 g/mol. The summed E-state index contributed by atoms with van der Waals surface area (Å²) in [5, 5.41) is 41.9. The summed E-state index contributed by atoms with van der Waals surface area (Å²) in [6, 6.07) is 17.9. The zero-order chi connectivity index (χ0) is 35.1. The van der Waals surface area contributed by atoms with Crippen molar-refractivity contribution in [1.82, 2.24) is 38.5 Å². The number of nitrogens with zero attached hydrogens (tertiary/aromatic N) is 8. The molecule has 16 nitrogen and oxygen atoms in total. The van der Waals surface area contributed by atoms with Crippen LogP contribution in [0.15, 0.2) is 92.0 Å². The van der Waals surface area contributed by atoms with E-state index in [0.717, 1.165) is 0 Å². The Morgan fingerprint density at radius 2 is 0.776 bits per heavy atom. The highest BCUT2D eigenvalue weighted by Crippen LogP contribution is 2.14. The molecule has 5 rings (SSSR count). The van der Waals surface area contributed by atoms with Crippen molar-refractivity contribution >= 4 is 0 Å². The van der Waals surface area contributed by atoms with Gasteiger partial charge in [0.2, 0.25) is 0 Å². The molecule has 0 spiro atoms. The van der Waals surface area contributed by atoms with Gasteiger partial charge >= 0.3 is 0 Å². The number of aromatic nitrogens is 4. The van der Waals surface area contributed by atoms with Crippen molar-refractivity contribution in [2.24, 2.45) is 0 Å². The first kappa shape index (κ1) is 35.2. The van der Waals surface area contributed by atoms with Crippen molar-refractivity contribution in [2.45, 2.75) is 39.1 Å². The van der Waals surface area contributed by atoms with E-state index in [0.29, 0.717) is 87.5 Å². The van der Waals surface area contributed by atoms with Crippen molar-refractivity contribution in [3.8, 4) is 0 Å². The first-order valence-corrected chi connectivity index (χ1v) is 16.0. The van der Waals surface area contributed by atoms with Crippen LogP contribution in [0.25, 0.3) is 0 Å². The minimum Gasteiger partial charge on any atom is -0.425 e. The van der Waals surface area contributed by atoms with Gasteiger partial charge in [-0.2, -0.15) is 18.9 Å². The number of hydrogen-bond acceptors (Lipinski definition) is 12. The number of hydrogen-bond donors (Lipinski definition) is 4. The predicted octanol–water partition coefficient (Wildman–Crippen LogP) is -0.00670. The first-order valence-electron chi connectivity index (χ1n) is 16.0. The first-order chi connectivity index (χ1) is 23.5. The monoisotopic (exact) mass is 678 g/mol. The molecule has 49 heavy (non-hydrogen) atoms. The Balaban J connectivity index is 1.48. The highest BCUT2D eigenvalue weighted by Gasteiger charge is 2.24. The second-order valence-corrected chi connectivity index (χ2v) is 12.3. The number of rotatable bonds is 8. The van der Waals surface area contributed by atoms with E-state index in [1.165, 1.54) is 24.3 Å². The highest BCUT2D eigenvalue weighted by molar-refractivity contribution is 5.09. The zero-order valence-electron chi connectivity index (χ0n) is 27.3. The van der Waals surface area contributed by atoms with Gasteiger partial charge in [0.1, 0.15) is 0 Å². The quantitative estimate of drug-likeness (QED) is 0.183. The van der Waals surface area contributed by atoms with Crippen LogP contribution in [0.1, 0.15) is 29.7 Å². The summed E-state index contributed by atoms with van der Waals surface area (Å²) >= 11 is 0. The zero-order valence-corrected chi connectivity index (χ0v) is 27.3. The summed E-state index contributed by atoms with van der Waals surface area (Å²) in [7, 11) is 0. The van der Waals surface area contributed by atoms with Crippen LogP contribution in [0, 0.1) is 0 Å². The Morgan fingerprint density at radius 3 is 1.16 bits per heavy atom. The third-order valence-electron chi connectivity index (χ3n) is 8.87. The molecule has 1 unspecified atom stereocenters. The fourth-order valence-electron chi connectivity index (χ4n) is 6.03. The van der Waals surface area contributed by atoms with E-state index in [1.807, 2.05) is 6.92 Å². The van der Waals surface area contributed by atoms with Gasteiger partial charge in [0.05, 0.1) is 22.8 Å². The van der Waals surface area contributed by atoms with Gasteiger partial charge in [-0.15, -0.1) is 0 Å². The van der Waals surface area contributed by atoms with Gasteiger partial charge in [-0.05, 0) is 31.2 Å². The van der Waals surface area contributed by atoms with Gasteiger partial charge < -0.3 is 20.8 Å². The van der Waals surface area contributed by atoms with E-state index in [1.54, 1.807) is 48.5 Å². The molecule has 4 aromatic rings. The largest absolute Gasteiger partial charge is 0.425 e. The minimum absolute atomic E-state index is 0.169. The molecule has 16 heteroatoms. The molecule has 0 saturated carbocycles. The molecule has 1 fully saturated rings. The molecule has 0 amide bonds. The molecule has 1 aliphatic heterocycles. The van der Waals surface area contributed by atoms with Crippen molar-refractivity contribution in [2.75, 3.05) is 45.8 Å². The summed E-state index contributed by atoms with van der Waals surface area (Å²) in [6.45, 7) is 6.23. The molecule has 0 bridgehead atoms. The van der Waals surface area contributed by atoms with Gasteiger partial charge in [-0.25, -0.2) is 0 Å². The molecule has 1 atom stereocenters. The maximum absolute atomic E-state index is 12.2. The maximum atomic E-state index is 12.2. The van der Waals surface area contributed by atoms with E-state index in [4.69, 9.17) is 0 Å². The Morgan fingerprint density at radius 1 is 0.469 bits per heavy atom. The van der Waals surface area contributed by atoms with Crippen LogP contribution in [0.4, 0.5) is 0 Å². The Kier molecular flexibility index (Phi) is 11.4. The topological polar surface area (TPSA) is 182 Å². The molecular formula is C33H42N8O8. The average molecular weight is 679 g/mol. The van der Waals surface area contributed by atoms with E-state index in [-0.39, 0.29) is 32.2 Å². The highest BCUT2D eigenvalue weighted by atomic mass is 16.5. The van der Waals surface area contributed by atoms with Crippen LogP contribution < -0.4 is 22.2 Å². The third kappa shape index (κ3) is 8.85. The van der Waals surface area contributed by atoms with Crippen LogP contribution in [0.5, 0.6) is 0 Å². The van der Waals surface area contributed by atoms with Gasteiger partial charge in [0.25, 0.3) is 22.2 Å². The summed E-state index contributed by atoms with van der Waals surface area (Å²) in [6.07, 6.45) is 0. The molecule has 1 aliphatic rings. The van der Waals surface area contributed by atoms with Crippen LogP contribution >= 0.6 is 0 Å². The SMILES string of the molecule is CC1CN(Cc2cccc(=O)n2O)CCN(Cc2cccc(=O)n2O)CCN(Cc2cccc(=O)n2O)CCN1Cc1cccc(=O)n1O. The summed E-state index contributed by atoms with van der Waals surface area (Å²) in [5.74, 6) is 0. The molecule has 4 aromatic heterocycles. The normalized spacial score (nSPS) is 17.8. The maximum Gasteiger partial charge on any atom is 0.283 e. The van der Waals surface area contributed by atoms with Gasteiger partial charge in [0, 0.05) is 102 Å². The minimum atomic E-state index is -0.551. The molecule has 262 valence electrons. The fourth-order valence-corrected chi connectivity index (χ4v) is 6.03. The molecule has 1 saturated heterocycles. The summed E-state index contributed by atoms with van der Waals surface area (Å²) in [4.78, 5) is 57.2. The molecule has 4 N–H and O–H groups in total. The van der Waals surface area contributed by atoms with Crippen molar-refractivity contribution in [1.29, 1.82) is 0 Å². The molecule has 0 radical (unpaired) electrons. The summed E-state index contributed by atoms with van der Waals surface area (Å²) in [5.41, 5.74) is -0.614. The molecule has 0 aliphatic carbocycles. The molecule has 0 aromatic carbocycles. The van der Waals surface area contributed by atoms with Crippen LogP contribution in [0.2, 0.25) is 0 Å². The van der Waals surface area contributed by atoms with Crippen molar-refractivity contribution < 1.29 is 20.8 Å². The predicted molar refractivity (Wildman–Crippen MR) is 177 cm³/mol. The Hall–Kier alpha value is -5.16. The molecule has 5 heterocycles. The van der Waals surface area contributed by atoms with Gasteiger partial charge in [0.15, 0.2) is 0 Å². The Bertz CT molecular complexity index is 1970. The third-order valence-corrected chi connectivity index (χ3v) is 8.87. The van der Waals surface area contributed by atoms with Crippen LogP contribution in [-0.4, -0.2) is 111 Å². The lowest BCUT2D eigenvalue weighted by Crippen LogP contribution is -2.49. The van der Waals surface area contributed by atoms with Crippen molar-refractivity contribution in [3.05, 3.63) is 137 Å². The van der Waals surface area contributed by atoms with Crippen LogP contribution in [0.3, 0.4) is 0 Å². The Labute approximate surface area is 281 Å². The van der Waals surface area contributed by atoms with Crippen LogP contribution in [-0.2, 0) is 26.2 Å². The standard InChI is InChI=1S/C33H42N8O8/c1-25-20-36(23-28-8-4-12-32(44)40(28)48)17-16-34(21-26-6-2-10-30(42)38(26)46)14-15-35(22-27-7-3-11-31(43)39(27)47)18-19-37(25)24-29-9-5-13-33(45)41(29)49/h2-13,25,46-49H,14-24H2,1H3.